The van der Waals surface area contributed by atoms with Gasteiger partial charge in [-0.25, -0.2) is 4.98 Å². The molecule has 1 aliphatic carbocycles. The van der Waals surface area contributed by atoms with Gasteiger partial charge in [0.2, 0.25) is 0 Å². The van der Waals surface area contributed by atoms with Crippen LogP contribution < -0.4 is 0 Å². The summed E-state index contributed by atoms with van der Waals surface area (Å²) in [5.41, 5.74) is 12.7. The molecule has 0 spiro atoms. The zero-order valence-corrected chi connectivity index (χ0v) is 24.4. The maximum Gasteiger partial charge on any atom is 0.156 e. The highest BCUT2D eigenvalue weighted by Crippen LogP contribution is 2.39. The number of hydrogen-bond acceptors (Lipinski definition) is 2. The van der Waals surface area contributed by atoms with Crippen LogP contribution in [0, 0.1) is 0 Å². The van der Waals surface area contributed by atoms with E-state index < -0.39 is 0 Å². The molecule has 0 N–H and O–H groups in total. The molecule has 0 saturated heterocycles. The third-order valence-electron chi connectivity index (χ3n) is 9.39. The zero-order chi connectivity index (χ0) is 29.5. The molecule has 0 saturated carbocycles. The second kappa shape index (κ2) is 9.25. The largest absolute Gasteiger partial charge is 0.309 e. The van der Waals surface area contributed by atoms with E-state index in [1.54, 1.807) is 0 Å². The molecule has 1 aliphatic rings. The average molecular weight is 575 g/mol. The monoisotopic (exact) mass is 574 g/mol. The predicted octanol–water partition coefficient (Wildman–Crippen LogP) is 9.91. The fraction of sp³-hybridized carbons (Fsp3) is 0.0244. The van der Waals surface area contributed by atoms with Gasteiger partial charge in [0.05, 0.1) is 39.7 Å². The van der Waals surface area contributed by atoms with E-state index in [0.717, 1.165) is 40.3 Å². The Morgan fingerprint density at radius 1 is 0.489 bits per heavy atom. The molecular weight excluding hydrogens is 548 g/mol. The molecule has 6 aromatic carbocycles. The molecule has 3 aromatic heterocycles. The summed E-state index contributed by atoms with van der Waals surface area (Å²) >= 11 is 0. The second-order valence-electron chi connectivity index (χ2n) is 11.9. The topological polar surface area (TPSA) is 35.6 Å². The van der Waals surface area contributed by atoms with E-state index in [0.29, 0.717) is 0 Å². The van der Waals surface area contributed by atoms with Gasteiger partial charge >= 0.3 is 0 Å². The Balaban J connectivity index is 1.17. The van der Waals surface area contributed by atoms with Gasteiger partial charge in [0.1, 0.15) is 0 Å². The number of aromatic nitrogens is 4. The smallest absolute Gasteiger partial charge is 0.156 e. The molecule has 3 heterocycles. The molecule has 4 heteroatoms. The number of hydrogen-bond donors (Lipinski definition) is 0. The summed E-state index contributed by atoms with van der Waals surface area (Å²) in [6, 6.07) is 50.1. The van der Waals surface area contributed by atoms with Crippen molar-refractivity contribution in [3.63, 3.8) is 0 Å². The van der Waals surface area contributed by atoms with Crippen molar-refractivity contribution in [2.24, 2.45) is 0 Å². The van der Waals surface area contributed by atoms with Gasteiger partial charge in [0.25, 0.3) is 0 Å². The quantitative estimate of drug-likeness (QED) is 0.211. The maximum absolute atomic E-state index is 5.21. The summed E-state index contributed by atoms with van der Waals surface area (Å²) in [4.78, 5) is 10.1. The van der Waals surface area contributed by atoms with Crippen molar-refractivity contribution in [1.29, 1.82) is 0 Å². The van der Waals surface area contributed by atoms with E-state index in [-0.39, 0.29) is 0 Å². The first-order valence-corrected chi connectivity index (χ1v) is 15.4. The molecular formula is C41H26N4. The summed E-state index contributed by atoms with van der Waals surface area (Å²) in [5.74, 6) is 0.846. The Bertz CT molecular complexity index is 2620. The van der Waals surface area contributed by atoms with E-state index in [1.165, 1.54) is 54.8 Å². The molecule has 0 unspecified atom stereocenters. The summed E-state index contributed by atoms with van der Waals surface area (Å²) in [7, 11) is 0. The van der Waals surface area contributed by atoms with Crippen LogP contribution in [0.2, 0.25) is 0 Å². The summed E-state index contributed by atoms with van der Waals surface area (Å²) in [5, 5.41) is 4.93. The van der Waals surface area contributed by atoms with Crippen molar-refractivity contribution in [2.75, 3.05) is 0 Å². The number of fused-ring (bicyclic) bond motifs is 9. The normalized spacial score (nSPS) is 12.4. The average Bonchev–Trinajstić information content (AvgIpc) is 3.75. The standard InChI is InChI=1S/C41H26N4/c1-2-11-29(12-3-1)44-36-16-8-6-14-31(36)33-20-18-27(24-39(33)44)26-19-21-38-34(22-26)32-15-7-9-17-37(32)45(38)40-25-42-35-23-28-10-4-5-13-30(28)41(35)43-40/h1-22,24-25H,23H2. The Morgan fingerprint density at radius 3 is 2.00 bits per heavy atom. The van der Waals surface area contributed by atoms with Crippen LogP contribution in [0.3, 0.4) is 0 Å². The zero-order valence-electron chi connectivity index (χ0n) is 24.4. The third-order valence-corrected chi connectivity index (χ3v) is 9.39. The Kier molecular flexibility index (Phi) is 5.02. The highest BCUT2D eigenvalue weighted by atomic mass is 15.1. The van der Waals surface area contributed by atoms with Crippen LogP contribution in [0.25, 0.3) is 77.5 Å². The molecule has 0 aliphatic heterocycles. The van der Waals surface area contributed by atoms with Crippen molar-refractivity contribution < 1.29 is 0 Å². The van der Waals surface area contributed by atoms with Crippen LogP contribution in [0.1, 0.15) is 11.3 Å². The Labute approximate surface area is 259 Å². The molecule has 9 aromatic rings. The van der Waals surface area contributed by atoms with Crippen LogP contribution in [0.15, 0.2) is 146 Å². The van der Waals surface area contributed by atoms with E-state index in [1.807, 2.05) is 6.20 Å². The number of rotatable bonds is 3. The third kappa shape index (κ3) is 3.54. The molecule has 45 heavy (non-hydrogen) atoms. The van der Waals surface area contributed by atoms with Gasteiger partial charge < -0.3 is 4.57 Å². The van der Waals surface area contributed by atoms with E-state index >= 15 is 0 Å². The molecule has 4 nitrogen and oxygen atoms in total. The van der Waals surface area contributed by atoms with Crippen molar-refractivity contribution in [3.05, 3.63) is 157 Å². The highest BCUT2D eigenvalue weighted by molar-refractivity contribution is 6.12. The minimum absolute atomic E-state index is 0.836. The van der Waals surface area contributed by atoms with Gasteiger partial charge in [0, 0.05) is 39.2 Å². The van der Waals surface area contributed by atoms with Crippen LogP contribution in [0.5, 0.6) is 0 Å². The van der Waals surface area contributed by atoms with Crippen LogP contribution in [0.4, 0.5) is 0 Å². The molecule has 0 radical (unpaired) electrons. The van der Waals surface area contributed by atoms with Gasteiger partial charge in [-0.15, -0.1) is 0 Å². The first-order valence-electron chi connectivity index (χ1n) is 15.4. The van der Waals surface area contributed by atoms with Crippen molar-refractivity contribution in [2.45, 2.75) is 6.42 Å². The molecule has 0 amide bonds. The minimum atomic E-state index is 0.836. The maximum atomic E-state index is 5.21. The van der Waals surface area contributed by atoms with Crippen molar-refractivity contribution >= 4 is 43.6 Å². The molecule has 10 rings (SSSR count). The fourth-order valence-corrected chi connectivity index (χ4v) is 7.35. The van der Waals surface area contributed by atoms with Crippen molar-refractivity contribution in [3.8, 4) is 33.9 Å². The summed E-state index contributed by atoms with van der Waals surface area (Å²) in [6.45, 7) is 0. The van der Waals surface area contributed by atoms with Gasteiger partial charge in [-0.1, -0.05) is 97.1 Å². The van der Waals surface area contributed by atoms with Gasteiger partial charge in [-0.2, -0.15) is 0 Å². The first kappa shape index (κ1) is 24.4. The molecule has 210 valence electrons. The lowest BCUT2D eigenvalue weighted by molar-refractivity contribution is 1.01. The highest BCUT2D eigenvalue weighted by Gasteiger charge is 2.23. The number of nitrogens with zero attached hydrogens (tertiary/aromatic N) is 4. The number of para-hydroxylation sites is 3. The summed E-state index contributed by atoms with van der Waals surface area (Å²) in [6.07, 6.45) is 2.77. The molecule has 0 bridgehead atoms. The SMILES string of the molecule is c1ccc(-n2c3ccccc3c3ccc(-c4ccc5c(c4)c4ccccc4n5-c4cnc5c(n4)-c4ccccc4C5)cc32)cc1. The second-order valence-corrected chi connectivity index (χ2v) is 11.9. The summed E-state index contributed by atoms with van der Waals surface area (Å²) < 4.78 is 4.64. The number of benzene rings is 6. The first-order chi connectivity index (χ1) is 22.3. The van der Waals surface area contributed by atoms with Gasteiger partial charge in [0.15, 0.2) is 5.82 Å². The van der Waals surface area contributed by atoms with Crippen molar-refractivity contribution in [1.82, 2.24) is 19.1 Å². The van der Waals surface area contributed by atoms with E-state index in [9.17, 15) is 0 Å². The Morgan fingerprint density at radius 2 is 1.13 bits per heavy atom. The predicted molar refractivity (Wildman–Crippen MR) is 184 cm³/mol. The van der Waals surface area contributed by atoms with E-state index in [2.05, 4.69) is 149 Å². The lowest BCUT2D eigenvalue weighted by Crippen LogP contribution is -2.01. The minimum Gasteiger partial charge on any atom is -0.309 e. The molecule has 0 atom stereocenters. The van der Waals surface area contributed by atoms with Gasteiger partial charge in [-0.3, -0.25) is 9.55 Å². The lowest BCUT2D eigenvalue weighted by Gasteiger charge is -2.10. The van der Waals surface area contributed by atoms with Crippen LogP contribution in [-0.2, 0) is 6.42 Å². The lowest BCUT2D eigenvalue weighted by atomic mass is 10.0. The van der Waals surface area contributed by atoms with Crippen LogP contribution >= 0.6 is 0 Å². The van der Waals surface area contributed by atoms with Crippen LogP contribution in [-0.4, -0.2) is 19.1 Å². The van der Waals surface area contributed by atoms with Gasteiger partial charge in [-0.05, 0) is 59.2 Å². The fourth-order valence-electron chi connectivity index (χ4n) is 7.35. The van der Waals surface area contributed by atoms with E-state index in [4.69, 9.17) is 9.97 Å². The molecule has 0 fully saturated rings. The Hall–Kier alpha value is -6.00.